The number of nitrogens with zero attached hydrogens (tertiary/aromatic N) is 1. The van der Waals surface area contributed by atoms with Crippen LogP contribution in [0.5, 0.6) is 5.75 Å². The van der Waals surface area contributed by atoms with Gasteiger partial charge in [-0.25, -0.2) is 4.39 Å². The van der Waals surface area contributed by atoms with Crippen LogP contribution in [0.4, 0.5) is 4.39 Å². The summed E-state index contributed by atoms with van der Waals surface area (Å²) in [6, 6.07) is -0.000875. The number of hydrogen-bond acceptors (Lipinski definition) is 9. The highest BCUT2D eigenvalue weighted by atomic mass is 19.1. The fourth-order valence-electron chi connectivity index (χ4n) is 6.30. The van der Waals surface area contributed by atoms with Crippen LogP contribution >= 0.6 is 0 Å². The monoisotopic (exact) mass is 545 g/mol. The number of aliphatic hydroxyl groups is 3. The minimum absolute atomic E-state index is 0.00930. The predicted octanol–water partition coefficient (Wildman–Crippen LogP) is 1.58. The fourth-order valence-corrected chi connectivity index (χ4v) is 6.30. The van der Waals surface area contributed by atoms with Gasteiger partial charge in [-0.05, 0) is 65.2 Å². The summed E-state index contributed by atoms with van der Waals surface area (Å²) < 4.78 is 16.1. The van der Waals surface area contributed by atoms with Gasteiger partial charge >= 0.3 is 0 Å². The topological polar surface area (TPSA) is 173 Å². The normalized spacial score (nSPS) is 27.2. The molecule has 0 heterocycles. The Labute approximate surface area is 226 Å². The summed E-state index contributed by atoms with van der Waals surface area (Å²) in [5.41, 5.74) is 0.428. The lowest BCUT2D eigenvalue weighted by Crippen LogP contribution is -2.65. The van der Waals surface area contributed by atoms with Crippen molar-refractivity contribution in [3.05, 3.63) is 45.5 Å². The van der Waals surface area contributed by atoms with Crippen LogP contribution < -0.4 is 11.1 Å². The third-order valence-electron chi connectivity index (χ3n) is 8.28. The molecule has 0 bridgehead atoms. The summed E-state index contributed by atoms with van der Waals surface area (Å²) >= 11 is 0. The largest absolute Gasteiger partial charge is 0.508 e. The van der Waals surface area contributed by atoms with E-state index >= 15 is 4.39 Å². The van der Waals surface area contributed by atoms with Gasteiger partial charge in [-0.3, -0.25) is 19.3 Å². The van der Waals surface area contributed by atoms with E-state index in [1.807, 2.05) is 13.8 Å². The van der Waals surface area contributed by atoms with Crippen LogP contribution in [0, 0.1) is 23.6 Å². The number of hydrogen-bond donors (Lipinski definition) is 6. The number of fused-ring (bicyclic) bond motifs is 3. The third kappa shape index (κ3) is 4.14. The lowest BCUT2D eigenvalue weighted by molar-refractivity contribution is -0.153. The minimum Gasteiger partial charge on any atom is -0.508 e. The van der Waals surface area contributed by atoms with Gasteiger partial charge in [0.05, 0.1) is 11.6 Å². The zero-order chi connectivity index (χ0) is 29.4. The lowest BCUT2D eigenvalue weighted by Gasteiger charge is -2.50. The molecule has 1 aromatic carbocycles. The van der Waals surface area contributed by atoms with Gasteiger partial charge in [0.2, 0.25) is 5.78 Å². The number of amides is 1. The van der Waals surface area contributed by atoms with E-state index in [2.05, 4.69) is 5.32 Å². The molecule has 1 fully saturated rings. The van der Waals surface area contributed by atoms with E-state index in [4.69, 9.17) is 5.73 Å². The molecule has 1 amide bonds. The van der Waals surface area contributed by atoms with E-state index in [1.54, 1.807) is 13.8 Å². The van der Waals surface area contributed by atoms with E-state index in [-0.39, 0.29) is 41.0 Å². The number of likely N-dealkylation sites (N-methyl/N-ethyl adjacent to an activating group) is 1. The number of aromatic hydroxyl groups is 1. The van der Waals surface area contributed by atoms with Crippen molar-refractivity contribution in [2.45, 2.75) is 57.7 Å². The molecule has 11 heteroatoms. The molecule has 4 rings (SSSR count). The minimum atomic E-state index is -2.73. The van der Waals surface area contributed by atoms with E-state index in [1.165, 1.54) is 25.1 Å². The van der Waals surface area contributed by atoms with Crippen molar-refractivity contribution < 1.29 is 39.2 Å². The van der Waals surface area contributed by atoms with E-state index in [9.17, 15) is 34.8 Å². The number of rotatable bonds is 6. The number of carbonyl (C=O) groups is 3. The maximum atomic E-state index is 16.1. The van der Waals surface area contributed by atoms with Crippen molar-refractivity contribution in [2.75, 3.05) is 20.6 Å². The molecule has 3 aliphatic rings. The molecule has 1 aromatic rings. The number of halogens is 1. The molecule has 10 nitrogen and oxygen atoms in total. The molecule has 0 unspecified atom stereocenters. The first-order valence-electron chi connectivity index (χ1n) is 12.9. The van der Waals surface area contributed by atoms with E-state index < -0.39 is 75.1 Å². The second-order valence-corrected chi connectivity index (χ2v) is 12.0. The smallest absolute Gasteiger partial charge is 0.255 e. The molecule has 39 heavy (non-hydrogen) atoms. The molecule has 7 N–H and O–H groups in total. The quantitative estimate of drug-likeness (QED) is 0.290. The fraction of sp³-hybridized carbons (Fsp3) is 0.536. The molecule has 0 spiro atoms. The SMILES string of the molecule is CC(C)CNC(C)(C)c1cc(O)c2c(c1F)C[C@H]1C[C@H]3[C@H](N(C)C)C(=O)C(C(N)=O)=C(O)[C@@]3(O)C(=O)C1=C2O. The Morgan fingerprint density at radius 2 is 1.87 bits per heavy atom. The first kappa shape index (κ1) is 28.7. The van der Waals surface area contributed by atoms with Crippen LogP contribution in [-0.4, -0.2) is 75.1 Å². The number of primary amides is 1. The molecular weight excluding hydrogens is 509 g/mol. The molecule has 0 aliphatic heterocycles. The number of aliphatic hydroxyl groups excluding tert-OH is 2. The summed E-state index contributed by atoms with van der Waals surface area (Å²) in [7, 11) is 3.04. The Balaban J connectivity index is 1.91. The van der Waals surface area contributed by atoms with Crippen LogP contribution in [0.2, 0.25) is 0 Å². The lowest BCUT2D eigenvalue weighted by atomic mass is 9.57. The average Bonchev–Trinajstić information content (AvgIpc) is 2.81. The standard InChI is InChI=1S/C28H36FN3O7/c1-11(2)10-31-27(3,4)14-9-16(33)18-13(20(14)29)7-12-8-15-21(32(5)6)23(35)19(26(30)38)25(37)28(15,39)24(36)17(12)22(18)34/h9,11-12,15,21,31,33-34,37,39H,7-8,10H2,1-6H3,(H2,30,38)/t12-,15-,21-,28-/m0/s1. The van der Waals surface area contributed by atoms with Crippen LogP contribution in [0.1, 0.15) is 50.8 Å². The van der Waals surface area contributed by atoms with Gasteiger partial charge < -0.3 is 31.5 Å². The first-order valence-corrected chi connectivity index (χ1v) is 12.9. The van der Waals surface area contributed by atoms with Crippen LogP contribution in [0.3, 0.4) is 0 Å². The summed E-state index contributed by atoms with van der Waals surface area (Å²) in [5, 5.41) is 47.9. The summed E-state index contributed by atoms with van der Waals surface area (Å²) in [4.78, 5) is 40.5. The Kier molecular flexibility index (Phi) is 6.94. The van der Waals surface area contributed by atoms with Gasteiger partial charge in [0, 0.05) is 28.2 Å². The van der Waals surface area contributed by atoms with E-state index in [0.29, 0.717) is 6.54 Å². The van der Waals surface area contributed by atoms with Gasteiger partial charge in [-0.1, -0.05) is 13.8 Å². The predicted molar refractivity (Wildman–Crippen MR) is 140 cm³/mol. The summed E-state index contributed by atoms with van der Waals surface area (Å²) in [5.74, 6) is -8.05. The summed E-state index contributed by atoms with van der Waals surface area (Å²) in [6.07, 6.45) is -0.215. The second-order valence-electron chi connectivity index (χ2n) is 12.0. The molecular formula is C28H36FN3O7. The van der Waals surface area contributed by atoms with Gasteiger partial charge in [0.25, 0.3) is 5.91 Å². The number of nitrogens with two attached hydrogens (primary N) is 1. The Hall–Kier alpha value is -3.28. The zero-order valence-corrected chi connectivity index (χ0v) is 22.9. The first-order chi connectivity index (χ1) is 18.0. The number of carbonyl (C=O) groups excluding carboxylic acids is 3. The van der Waals surface area contributed by atoms with E-state index in [0.717, 1.165) is 0 Å². The number of phenolic OH excluding ortho intramolecular Hbond substituents is 1. The molecule has 4 atom stereocenters. The van der Waals surface area contributed by atoms with Crippen molar-refractivity contribution in [1.82, 2.24) is 10.2 Å². The van der Waals surface area contributed by atoms with Crippen LogP contribution in [0.25, 0.3) is 5.76 Å². The molecule has 0 aromatic heterocycles. The van der Waals surface area contributed by atoms with Gasteiger partial charge in [-0.15, -0.1) is 0 Å². The molecule has 0 radical (unpaired) electrons. The van der Waals surface area contributed by atoms with Gasteiger partial charge in [0.15, 0.2) is 11.4 Å². The van der Waals surface area contributed by atoms with Crippen molar-refractivity contribution in [2.24, 2.45) is 23.5 Å². The number of nitrogens with one attached hydrogen (secondary N) is 1. The molecule has 1 saturated carbocycles. The zero-order valence-electron chi connectivity index (χ0n) is 22.9. The highest BCUT2D eigenvalue weighted by molar-refractivity contribution is 6.24. The molecule has 3 aliphatic carbocycles. The average molecular weight is 546 g/mol. The van der Waals surface area contributed by atoms with Crippen LogP contribution in [0.15, 0.2) is 23.0 Å². The molecule has 0 saturated heterocycles. The second kappa shape index (κ2) is 9.42. The Morgan fingerprint density at radius 3 is 2.41 bits per heavy atom. The highest BCUT2D eigenvalue weighted by Gasteiger charge is 2.64. The van der Waals surface area contributed by atoms with Crippen molar-refractivity contribution >= 4 is 23.2 Å². The number of Topliss-reactive ketones (excluding diaryl/α,β-unsaturated/α-hetero) is 2. The Bertz CT molecular complexity index is 1350. The van der Waals surface area contributed by atoms with Gasteiger partial charge in [0.1, 0.15) is 28.7 Å². The van der Waals surface area contributed by atoms with Crippen molar-refractivity contribution in [3.63, 3.8) is 0 Å². The van der Waals surface area contributed by atoms with Crippen LogP contribution in [-0.2, 0) is 26.3 Å². The summed E-state index contributed by atoms with van der Waals surface area (Å²) in [6.45, 7) is 8.14. The maximum absolute atomic E-state index is 16.1. The number of ketones is 2. The maximum Gasteiger partial charge on any atom is 0.255 e. The Morgan fingerprint density at radius 1 is 1.26 bits per heavy atom. The number of benzene rings is 1. The van der Waals surface area contributed by atoms with Crippen molar-refractivity contribution in [1.29, 1.82) is 0 Å². The van der Waals surface area contributed by atoms with Crippen molar-refractivity contribution in [3.8, 4) is 5.75 Å². The molecule has 212 valence electrons. The number of phenols is 1. The van der Waals surface area contributed by atoms with Gasteiger partial charge in [-0.2, -0.15) is 0 Å². The third-order valence-corrected chi connectivity index (χ3v) is 8.28. The highest BCUT2D eigenvalue weighted by Crippen LogP contribution is 2.53.